The molecule has 1 fully saturated rings. The Bertz CT molecular complexity index is 861. The highest BCUT2D eigenvalue weighted by Gasteiger charge is 2.18. The van der Waals surface area contributed by atoms with Gasteiger partial charge in [0.05, 0.1) is 11.8 Å². The van der Waals surface area contributed by atoms with E-state index in [1.165, 1.54) is 0 Å². The third-order valence-electron chi connectivity index (χ3n) is 4.43. The van der Waals surface area contributed by atoms with Crippen molar-refractivity contribution in [2.45, 2.75) is 18.9 Å². The van der Waals surface area contributed by atoms with E-state index in [2.05, 4.69) is 10.6 Å². The molecule has 2 amide bonds. The molecule has 2 N–H and O–H groups in total. The van der Waals surface area contributed by atoms with E-state index in [4.69, 9.17) is 14.2 Å². The zero-order valence-electron chi connectivity index (χ0n) is 14.7. The van der Waals surface area contributed by atoms with Gasteiger partial charge in [0.2, 0.25) is 0 Å². The van der Waals surface area contributed by atoms with Gasteiger partial charge >= 0.3 is 0 Å². The van der Waals surface area contributed by atoms with E-state index in [0.29, 0.717) is 35.0 Å². The van der Waals surface area contributed by atoms with Gasteiger partial charge in [-0.05, 0) is 49.2 Å². The third-order valence-corrected chi connectivity index (χ3v) is 4.43. The molecule has 7 heteroatoms. The van der Waals surface area contributed by atoms with E-state index < -0.39 is 0 Å². The lowest BCUT2D eigenvalue weighted by molar-refractivity contribution is -0.118. The largest absolute Gasteiger partial charge is 0.491 e. The molecular formula is C20H20N2O5. The van der Waals surface area contributed by atoms with Gasteiger partial charge in [0.1, 0.15) is 18.1 Å². The van der Waals surface area contributed by atoms with E-state index in [-0.39, 0.29) is 24.5 Å². The standard InChI is InChI=1S/C20H20N2O5/c23-19-12-27-18-7-6-14(10-17(18)22-19)21-20(24)13-3-1-4-15(9-13)26-11-16-5-2-8-25-16/h1,3-4,6-7,9-10,16H,2,5,8,11-12H2,(H,21,24)(H,22,23). The summed E-state index contributed by atoms with van der Waals surface area (Å²) < 4.78 is 16.6. The molecule has 2 aliphatic heterocycles. The first kappa shape index (κ1) is 17.4. The van der Waals surface area contributed by atoms with Crippen molar-refractivity contribution >= 4 is 23.2 Å². The molecule has 0 aliphatic carbocycles. The van der Waals surface area contributed by atoms with E-state index in [9.17, 15) is 9.59 Å². The van der Waals surface area contributed by atoms with E-state index in [1.807, 2.05) is 6.07 Å². The van der Waals surface area contributed by atoms with Crippen molar-refractivity contribution < 1.29 is 23.8 Å². The topological polar surface area (TPSA) is 85.9 Å². The average molecular weight is 368 g/mol. The molecule has 0 radical (unpaired) electrons. The fraction of sp³-hybridized carbons (Fsp3) is 0.300. The van der Waals surface area contributed by atoms with Gasteiger partial charge in [0.25, 0.3) is 11.8 Å². The van der Waals surface area contributed by atoms with Crippen LogP contribution in [0.15, 0.2) is 42.5 Å². The van der Waals surface area contributed by atoms with Gasteiger partial charge in [-0.1, -0.05) is 6.07 Å². The fourth-order valence-electron chi connectivity index (χ4n) is 3.06. The molecule has 2 aromatic carbocycles. The predicted molar refractivity (Wildman–Crippen MR) is 99.4 cm³/mol. The number of ether oxygens (including phenoxy) is 3. The molecule has 2 aliphatic rings. The summed E-state index contributed by atoms with van der Waals surface area (Å²) in [5.74, 6) is 0.726. The minimum Gasteiger partial charge on any atom is -0.491 e. The number of rotatable bonds is 5. The minimum atomic E-state index is -0.263. The number of fused-ring (bicyclic) bond motifs is 1. The number of hydrogen-bond donors (Lipinski definition) is 2. The van der Waals surface area contributed by atoms with Crippen molar-refractivity contribution in [3.8, 4) is 11.5 Å². The lowest BCUT2D eigenvalue weighted by atomic mass is 10.2. The summed E-state index contributed by atoms with van der Waals surface area (Å²) in [7, 11) is 0. The minimum absolute atomic E-state index is 0.00258. The highest BCUT2D eigenvalue weighted by Crippen LogP contribution is 2.30. The van der Waals surface area contributed by atoms with Crippen LogP contribution in [0.1, 0.15) is 23.2 Å². The van der Waals surface area contributed by atoms with Crippen LogP contribution in [0, 0.1) is 0 Å². The lowest BCUT2D eigenvalue weighted by Crippen LogP contribution is -2.25. The van der Waals surface area contributed by atoms with Gasteiger partial charge in [-0.3, -0.25) is 9.59 Å². The molecule has 7 nitrogen and oxygen atoms in total. The van der Waals surface area contributed by atoms with Gasteiger partial charge in [0, 0.05) is 17.9 Å². The van der Waals surface area contributed by atoms with Crippen LogP contribution in [0.5, 0.6) is 11.5 Å². The second kappa shape index (κ2) is 7.67. The van der Waals surface area contributed by atoms with Crippen LogP contribution < -0.4 is 20.1 Å². The molecule has 1 unspecified atom stereocenters. The zero-order valence-corrected chi connectivity index (χ0v) is 14.7. The predicted octanol–water partition coefficient (Wildman–Crippen LogP) is 2.83. The van der Waals surface area contributed by atoms with Crippen LogP contribution in [0.2, 0.25) is 0 Å². The highest BCUT2D eigenvalue weighted by molar-refractivity contribution is 6.05. The molecule has 27 heavy (non-hydrogen) atoms. The van der Waals surface area contributed by atoms with Crippen LogP contribution in [0.25, 0.3) is 0 Å². The molecule has 140 valence electrons. The summed E-state index contributed by atoms with van der Waals surface area (Å²) in [5.41, 5.74) is 1.59. The first-order chi connectivity index (χ1) is 13.2. The van der Waals surface area contributed by atoms with Gasteiger partial charge in [-0.2, -0.15) is 0 Å². The Morgan fingerprint density at radius 1 is 1.26 bits per heavy atom. The summed E-state index contributed by atoms with van der Waals surface area (Å²) >= 11 is 0. The van der Waals surface area contributed by atoms with Gasteiger partial charge < -0.3 is 24.8 Å². The lowest BCUT2D eigenvalue weighted by Gasteiger charge is -2.18. The van der Waals surface area contributed by atoms with Gasteiger partial charge in [-0.15, -0.1) is 0 Å². The number of benzene rings is 2. The summed E-state index contributed by atoms with van der Waals surface area (Å²) in [6, 6.07) is 12.1. The number of anilines is 2. The molecule has 0 saturated carbocycles. The van der Waals surface area contributed by atoms with Crippen molar-refractivity contribution in [3.63, 3.8) is 0 Å². The van der Waals surface area contributed by atoms with Crippen LogP contribution in [0.4, 0.5) is 11.4 Å². The van der Waals surface area contributed by atoms with E-state index in [1.54, 1.807) is 36.4 Å². The molecule has 0 aromatic heterocycles. The van der Waals surface area contributed by atoms with E-state index in [0.717, 1.165) is 19.4 Å². The molecular weight excluding hydrogens is 348 g/mol. The van der Waals surface area contributed by atoms with Gasteiger partial charge in [0.15, 0.2) is 6.61 Å². The smallest absolute Gasteiger partial charge is 0.262 e. The molecule has 1 saturated heterocycles. The summed E-state index contributed by atoms with van der Waals surface area (Å²) in [5, 5.41) is 5.54. The molecule has 4 rings (SSSR count). The van der Waals surface area contributed by atoms with Crippen molar-refractivity contribution in [3.05, 3.63) is 48.0 Å². The maximum absolute atomic E-state index is 12.5. The summed E-state index contributed by atoms with van der Waals surface area (Å²) in [6.45, 7) is 1.26. The maximum Gasteiger partial charge on any atom is 0.262 e. The van der Waals surface area contributed by atoms with Crippen LogP contribution in [-0.2, 0) is 9.53 Å². The average Bonchev–Trinajstić information content (AvgIpc) is 3.20. The Hall–Kier alpha value is -3.06. The number of nitrogens with one attached hydrogen (secondary N) is 2. The summed E-state index contributed by atoms with van der Waals surface area (Å²) in [4.78, 5) is 24.0. The molecule has 0 bridgehead atoms. The molecule has 0 spiro atoms. The normalized spacial score (nSPS) is 18.2. The maximum atomic E-state index is 12.5. The fourth-order valence-corrected chi connectivity index (χ4v) is 3.06. The second-order valence-corrected chi connectivity index (χ2v) is 6.48. The number of carbonyl (C=O) groups excluding carboxylic acids is 2. The quantitative estimate of drug-likeness (QED) is 0.848. The Labute approximate surface area is 156 Å². The third kappa shape index (κ3) is 4.20. The first-order valence-corrected chi connectivity index (χ1v) is 8.90. The van der Waals surface area contributed by atoms with Crippen LogP contribution in [-0.4, -0.2) is 37.7 Å². The van der Waals surface area contributed by atoms with Crippen molar-refractivity contribution in [2.24, 2.45) is 0 Å². The Morgan fingerprint density at radius 3 is 3.04 bits per heavy atom. The van der Waals surface area contributed by atoms with Crippen molar-refractivity contribution in [1.82, 2.24) is 0 Å². The highest BCUT2D eigenvalue weighted by atomic mass is 16.5. The monoisotopic (exact) mass is 368 g/mol. The second-order valence-electron chi connectivity index (χ2n) is 6.48. The Morgan fingerprint density at radius 2 is 2.19 bits per heavy atom. The molecule has 2 aromatic rings. The number of hydrogen-bond acceptors (Lipinski definition) is 5. The Balaban J connectivity index is 1.41. The summed E-state index contributed by atoms with van der Waals surface area (Å²) in [6.07, 6.45) is 2.18. The first-order valence-electron chi connectivity index (χ1n) is 8.90. The molecule has 1 atom stereocenters. The van der Waals surface area contributed by atoms with Crippen LogP contribution in [0.3, 0.4) is 0 Å². The van der Waals surface area contributed by atoms with Crippen molar-refractivity contribution in [2.75, 3.05) is 30.5 Å². The Kier molecular flexibility index (Phi) is 4.93. The number of amides is 2. The number of carbonyl (C=O) groups is 2. The van der Waals surface area contributed by atoms with E-state index >= 15 is 0 Å². The molecule has 2 heterocycles. The zero-order chi connectivity index (χ0) is 18.6. The SMILES string of the molecule is O=C1COc2ccc(NC(=O)c3cccc(OCC4CCCO4)c3)cc2N1. The van der Waals surface area contributed by atoms with Crippen molar-refractivity contribution in [1.29, 1.82) is 0 Å². The van der Waals surface area contributed by atoms with Gasteiger partial charge in [-0.25, -0.2) is 0 Å². The van der Waals surface area contributed by atoms with Crippen LogP contribution >= 0.6 is 0 Å².